The van der Waals surface area contributed by atoms with Crippen molar-refractivity contribution in [2.45, 2.75) is 64.4 Å². The van der Waals surface area contributed by atoms with Crippen LogP contribution < -0.4 is 34.7 Å². The minimum Gasteiger partial charge on any atom is -0.550 e. The molecule has 28 heavy (non-hydrogen) atoms. The first-order valence-corrected chi connectivity index (χ1v) is 10.2. The van der Waals surface area contributed by atoms with Crippen molar-refractivity contribution in [3.63, 3.8) is 0 Å². The molecule has 3 unspecified atom stereocenters. The van der Waals surface area contributed by atoms with E-state index in [0.717, 1.165) is 31.3 Å². The molecule has 0 heterocycles. The molecule has 2 fully saturated rings. The van der Waals surface area contributed by atoms with Crippen LogP contribution in [-0.4, -0.2) is 22.5 Å². The van der Waals surface area contributed by atoms with E-state index in [2.05, 4.69) is 31.7 Å². The first-order chi connectivity index (χ1) is 12.6. The summed E-state index contributed by atoms with van der Waals surface area (Å²) in [5.41, 5.74) is -0.176. The fourth-order valence-corrected chi connectivity index (χ4v) is 6.69. The van der Waals surface area contributed by atoms with Crippen LogP contribution in [-0.2, 0) is 9.59 Å². The smallest absolute Gasteiger partial charge is 0.550 e. The van der Waals surface area contributed by atoms with E-state index in [-0.39, 0.29) is 71.4 Å². The van der Waals surface area contributed by atoms with Gasteiger partial charge >= 0.3 is 29.6 Å². The van der Waals surface area contributed by atoms with E-state index in [0.29, 0.717) is 12.0 Å². The fraction of sp³-hybridized carbons (Fsp3) is 0.652. The van der Waals surface area contributed by atoms with E-state index < -0.39 is 17.0 Å². The molecule has 4 rings (SSSR count). The average molecular weight is 392 g/mol. The van der Waals surface area contributed by atoms with Crippen molar-refractivity contribution in [3.05, 3.63) is 36.0 Å². The van der Waals surface area contributed by atoms with Gasteiger partial charge in [-0.1, -0.05) is 38.7 Å². The van der Waals surface area contributed by atoms with Crippen LogP contribution in [0.15, 0.2) is 36.0 Å². The summed E-state index contributed by atoms with van der Waals surface area (Å²) in [5.74, 6) is -0.687. The summed E-state index contributed by atoms with van der Waals surface area (Å²) in [6.45, 7) is 8.44. The second-order valence-electron chi connectivity index (χ2n) is 9.52. The molecule has 0 aromatic carbocycles. The maximum absolute atomic E-state index is 13.1. The Hall–Kier alpha value is -0.680. The third kappa shape index (κ3) is 2.86. The fourth-order valence-electron chi connectivity index (χ4n) is 6.69. The molecular formula is C23H29NaO4. The first-order valence-electron chi connectivity index (χ1n) is 10.2. The van der Waals surface area contributed by atoms with E-state index >= 15 is 0 Å². The molecule has 0 amide bonds. The summed E-state index contributed by atoms with van der Waals surface area (Å²) >= 11 is 0. The Labute approximate surface area is 189 Å². The number of rotatable bonds is 3. The number of carboxylic acids is 1. The number of carbonyl (C=O) groups is 2. The van der Waals surface area contributed by atoms with Crippen LogP contribution in [0.1, 0.15) is 58.8 Å². The predicted molar refractivity (Wildman–Crippen MR) is 100 cm³/mol. The van der Waals surface area contributed by atoms with Gasteiger partial charge in [0.2, 0.25) is 0 Å². The minimum atomic E-state index is -1.13. The Morgan fingerprint density at radius 2 is 2.07 bits per heavy atom. The van der Waals surface area contributed by atoms with Crippen molar-refractivity contribution >= 4 is 11.8 Å². The largest absolute Gasteiger partial charge is 1.00 e. The molecule has 4 aliphatic carbocycles. The summed E-state index contributed by atoms with van der Waals surface area (Å²) in [6.07, 6.45) is 10.9. The van der Waals surface area contributed by atoms with Gasteiger partial charge in [0.1, 0.15) is 0 Å². The van der Waals surface area contributed by atoms with Gasteiger partial charge in [-0.2, -0.15) is 0 Å². The molecule has 1 N–H and O–H groups in total. The van der Waals surface area contributed by atoms with Crippen molar-refractivity contribution < 1.29 is 49.4 Å². The molecule has 0 bridgehead atoms. The van der Waals surface area contributed by atoms with Gasteiger partial charge in [0.15, 0.2) is 5.78 Å². The Kier molecular flexibility index (Phi) is 5.68. The van der Waals surface area contributed by atoms with Crippen molar-refractivity contribution in [3.8, 4) is 0 Å². The normalized spacial score (nSPS) is 44.1. The van der Waals surface area contributed by atoms with Crippen LogP contribution >= 0.6 is 0 Å². The number of fused-ring (bicyclic) bond motifs is 5. The van der Waals surface area contributed by atoms with Crippen molar-refractivity contribution in [1.82, 2.24) is 0 Å². The predicted octanol–water partition coefficient (Wildman–Crippen LogP) is -0.274. The second kappa shape index (κ2) is 7.23. The number of allylic oxidation sites excluding steroid dienone is 4. The van der Waals surface area contributed by atoms with Gasteiger partial charge < -0.3 is 15.0 Å². The van der Waals surface area contributed by atoms with Crippen LogP contribution in [0.25, 0.3) is 0 Å². The molecule has 4 nitrogen and oxygen atoms in total. The molecule has 0 spiro atoms. The van der Waals surface area contributed by atoms with Crippen LogP contribution in [0, 0.1) is 28.6 Å². The standard InChI is InChI=1S/C23H30O4.Na/c1-14-19-15(21(2)10-5-4-6-17(21)20(14)26)7-11-22(3)16(19)8-12-23(22,27)13-9-18(24)25;/h6-7,11,15-16,19,27H,1,4-5,8-10,12-13H2,2-3H3,(H,24,25);/q;+1/p-1/t15?,16?,19?,21-,22+,23-;/m1./s1. The number of aliphatic hydroxyl groups is 1. The Morgan fingerprint density at radius 3 is 2.75 bits per heavy atom. The van der Waals surface area contributed by atoms with Crippen LogP contribution in [0.5, 0.6) is 0 Å². The van der Waals surface area contributed by atoms with E-state index in [9.17, 15) is 19.8 Å². The second-order valence-corrected chi connectivity index (χ2v) is 9.52. The van der Waals surface area contributed by atoms with Gasteiger partial charge in [0, 0.05) is 22.4 Å². The molecule has 4 aliphatic rings. The first kappa shape index (κ1) is 22.0. The van der Waals surface area contributed by atoms with Gasteiger partial charge in [-0.3, -0.25) is 4.79 Å². The molecule has 0 aromatic heterocycles. The van der Waals surface area contributed by atoms with E-state index in [1.165, 1.54) is 0 Å². The number of carbonyl (C=O) groups excluding carboxylic acids is 2. The van der Waals surface area contributed by atoms with Gasteiger partial charge in [-0.15, -0.1) is 0 Å². The average Bonchev–Trinajstić information content (AvgIpc) is 2.89. The molecule has 0 aromatic rings. The van der Waals surface area contributed by atoms with Crippen LogP contribution in [0.2, 0.25) is 0 Å². The summed E-state index contributed by atoms with van der Waals surface area (Å²) in [4.78, 5) is 24.1. The SMILES string of the molecule is C=C1C(=O)C2=CCCC[C@]2(C)C2C=C[C@@]3(C)C(CC[C@@]3(O)CCC(=O)[O-])C12.[Na+]. The molecule has 0 aliphatic heterocycles. The van der Waals surface area contributed by atoms with Gasteiger partial charge in [-0.25, -0.2) is 0 Å². The summed E-state index contributed by atoms with van der Waals surface area (Å²) < 4.78 is 0. The number of hydrogen-bond donors (Lipinski definition) is 1. The minimum absolute atomic E-state index is 0. The number of hydrogen-bond acceptors (Lipinski definition) is 4. The number of aliphatic carboxylic acids is 1. The summed E-state index contributed by atoms with van der Waals surface area (Å²) in [5, 5.41) is 22.3. The third-order valence-electron chi connectivity index (χ3n) is 8.39. The molecule has 146 valence electrons. The molecule has 6 atom stereocenters. The van der Waals surface area contributed by atoms with Gasteiger partial charge in [0.05, 0.1) is 5.60 Å². The zero-order valence-electron chi connectivity index (χ0n) is 17.3. The Morgan fingerprint density at radius 1 is 1.36 bits per heavy atom. The zero-order chi connectivity index (χ0) is 19.6. The Balaban J connectivity index is 0.00000225. The number of Topliss-reactive ketones (excluding diaryl/α,β-unsaturated/α-hetero) is 1. The molecular weight excluding hydrogens is 363 g/mol. The van der Waals surface area contributed by atoms with E-state index in [1.54, 1.807) is 0 Å². The maximum Gasteiger partial charge on any atom is 1.00 e. The van der Waals surface area contributed by atoms with Crippen molar-refractivity contribution in [1.29, 1.82) is 0 Å². The summed E-state index contributed by atoms with van der Waals surface area (Å²) in [6, 6.07) is 0. The van der Waals surface area contributed by atoms with Crippen LogP contribution in [0.3, 0.4) is 0 Å². The number of carboxylic acid groups (broad SMARTS) is 1. The van der Waals surface area contributed by atoms with Crippen molar-refractivity contribution in [2.75, 3.05) is 0 Å². The topological polar surface area (TPSA) is 77.4 Å². The molecule has 5 heteroatoms. The Bertz CT molecular complexity index is 783. The third-order valence-corrected chi connectivity index (χ3v) is 8.39. The van der Waals surface area contributed by atoms with Gasteiger partial charge in [-0.05, 0) is 68.3 Å². The monoisotopic (exact) mass is 392 g/mol. The number of ketones is 1. The van der Waals surface area contributed by atoms with E-state index in [4.69, 9.17) is 0 Å². The maximum atomic E-state index is 13.1. The molecule has 2 saturated carbocycles. The van der Waals surface area contributed by atoms with Crippen molar-refractivity contribution in [2.24, 2.45) is 28.6 Å². The zero-order valence-corrected chi connectivity index (χ0v) is 19.3. The van der Waals surface area contributed by atoms with E-state index in [1.807, 2.05) is 6.92 Å². The van der Waals surface area contributed by atoms with Crippen LogP contribution in [0.4, 0.5) is 0 Å². The van der Waals surface area contributed by atoms with Gasteiger partial charge in [0.25, 0.3) is 0 Å². The molecule has 0 saturated heterocycles. The molecule has 0 radical (unpaired) electrons. The summed E-state index contributed by atoms with van der Waals surface area (Å²) in [7, 11) is 0. The quantitative estimate of drug-likeness (QED) is 0.407.